The second-order valence-corrected chi connectivity index (χ2v) is 9.87. The minimum atomic E-state index is -1.30. The summed E-state index contributed by atoms with van der Waals surface area (Å²) in [6, 6.07) is 1.39. The number of nitrogens with two attached hydrogens (primary N) is 1. The number of aromatic nitrogens is 3. The van der Waals surface area contributed by atoms with Crippen LogP contribution in [0.1, 0.15) is 61.1 Å². The van der Waals surface area contributed by atoms with Crippen LogP contribution in [0.2, 0.25) is 5.02 Å². The third-order valence-corrected chi connectivity index (χ3v) is 6.73. The number of anilines is 1. The Labute approximate surface area is 214 Å². The maximum absolute atomic E-state index is 15.6. The third-order valence-electron chi connectivity index (χ3n) is 6.46. The van der Waals surface area contributed by atoms with Gasteiger partial charge in [0.05, 0.1) is 22.9 Å². The molecule has 1 aliphatic heterocycles. The molecule has 1 unspecified atom stereocenters. The zero-order chi connectivity index (χ0) is 26.4. The minimum absolute atomic E-state index is 0.00570. The second-order valence-electron chi connectivity index (χ2n) is 9.46. The smallest absolute Gasteiger partial charge is 0.260 e. The number of halogens is 2. The van der Waals surface area contributed by atoms with Crippen LogP contribution in [-0.4, -0.2) is 55.6 Å². The first kappa shape index (κ1) is 25.7. The molecule has 0 bridgehead atoms. The van der Waals surface area contributed by atoms with E-state index in [-0.39, 0.29) is 28.7 Å². The van der Waals surface area contributed by atoms with Crippen molar-refractivity contribution in [3.63, 3.8) is 0 Å². The summed E-state index contributed by atoms with van der Waals surface area (Å²) in [5.41, 5.74) is 5.99. The maximum atomic E-state index is 15.6. The van der Waals surface area contributed by atoms with Crippen molar-refractivity contribution in [2.24, 2.45) is 0 Å². The average Bonchev–Trinajstić information content (AvgIpc) is 3.18. The summed E-state index contributed by atoms with van der Waals surface area (Å²) in [5, 5.41) is 9.84. The number of nitrogens with zero attached hydrogens (tertiary/aromatic N) is 4. The van der Waals surface area contributed by atoms with Crippen molar-refractivity contribution in [3.05, 3.63) is 51.9 Å². The Kier molecular flexibility index (Phi) is 6.86. The molecule has 190 valence electrons. The second kappa shape index (κ2) is 9.60. The number of imidazole rings is 1. The van der Waals surface area contributed by atoms with Gasteiger partial charge in [-0.1, -0.05) is 17.5 Å². The van der Waals surface area contributed by atoms with Gasteiger partial charge in [-0.05, 0) is 46.6 Å². The van der Waals surface area contributed by atoms with Crippen LogP contribution in [0, 0.1) is 25.1 Å². The van der Waals surface area contributed by atoms with E-state index >= 15 is 4.39 Å². The van der Waals surface area contributed by atoms with E-state index in [2.05, 4.69) is 10.9 Å². The van der Waals surface area contributed by atoms with Crippen molar-refractivity contribution in [1.29, 1.82) is 0 Å². The predicted octanol–water partition coefficient (Wildman–Crippen LogP) is 3.74. The number of likely N-dealkylation sites (tertiary alicyclic amines) is 1. The van der Waals surface area contributed by atoms with Gasteiger partial charge in [0.2, 0.25) is 0 Å². The van der Waals surface area contributed by atoms with E-state index in [4.69, 9.17) is 33.5 Å². The summed E-state index contributed by atoms with van der Waals surface area (Å²) in [7, 11) is 0. The molecule has 0 radical (unpaired) electrons. The molecule has 2 atom stereocenters. The molecule has 1 saturated heterocycles. The van der Waals surface area contributed by atoms with E-state index in [1.54, 1.807) is 38.3 Å². The molecular formula is C26H29ClFN5O3. The Bertz CT molecular complexity index is 1380. The van der Waals surface area contributed by atoms with Crippen molar-refractivity contribution in [2.75, 3.05) is 18.8 Å². The van der Waals surface area contributed by atoms with E-state index in [9.17, 15) is 9.90 Å². The highest BCUT2D eigenvalue weighted by atomic mass is 35.5. The number of terminal acetylenes is 1. The lowest BCUT2D eigenvalue weighted by molar-refractivity contribution is 0.0464. The highest BCUT2D eigenvalue weighted by Gasteiger charge is 2.40. The molecule has 2 aromatic heterocycles. The number of piperidine rings is 1. The molecule has 0 spiro atoms. The summed E-state index contributed by atoms with van der Waals surface area (Å²) in [5.74, 6) is 1.94. The molecule has 3 heterocycles. The van der Waals surface area contributed by atoms with Crippen LogP contribution in [0.5, 0.6) is 5.75 Å². The van der Waals surface area contributed by atoms with E-state index in [0.717, 1.165) is 0 Å². The number of β-amino-alcohol motifs (C(OH)–C–C–N with tert-alkyl or cyclic N) is 1. The highest BCUT2D eigenvalue weighted by molar-refractivity contribution is 6.31. The SMILES string of the molecule is C#CC(C)(c1cc(Cl)c(F)c(C(=O)N2CCC[C@H](O)C2)c1OC(C)C)c1nc(C)c2c(N)nccn12. The normalized spacial score (nSPS) is 17.8. The third kappa shape index (κ3) is 4.25. The van der Waals surface area contributed by atoms with Crippen LogP contribution in [0.15, 0.2) is 18.5 Å². The number of carbonyl (C=O) groups excluding carboxylic acids is 1. The Balaban J connectivity index is 2.00. The number of ether oxygens (including phenoxy) is 1. The van der Waals surface area contributed by atoms with Crippen molar-refractivity contribution in [2.45, 2.75) is 58.2 Å². The molecule has 0 saturated carbocycles. The zero-order valence-electron chi connectivity index (χ0n) is 20.7. The van der Waals surface area contributed by atoms with E-state index < -0.39 is 29.3 Å². The van der Waals surface area contributed by atoms with Gasteiger partial charge in [0.25, 0.3) is 5.91 Å². The van der Waals surface area contributed by atoms with Gasteiger partial charge < -0.3 is 20.5 Å². The lowest BCUT2D eigenvalue weighted by Gasteiger charge is -2.32. The molecule has 1 fully saturated rings. The van der Waals surface area contributed by atoms with Gasteiger partial charge in [0.1, 0.15) is 33.9 Å². The van der Waals surface area contributed by atoms with Gasteiger partial charge in [-0.2, -0.15) is 0 Å². The fraction of sp³-hybridized carbons (Fsp3) is 0.423. The Morgan fingerprint density at radius 3 is 2.83 bits per heavy atom. The molecule has 1 aliphatic rings. The van der Waals surface area contributed by atoms with Gasteiger partial charge in [-0.3, -0.25) is 9.20 Å². The van der Waals surface area contributed by atoms with Crippen LogP contribution in [0.3, 0.4) is 0 Å². The van der Waals surface area contributed by atoms with Gasteiger partial charge in [0.15, 0.2) is 5.82 Å². The number of benzene rings is 1. The number of aryl methyl sites for hydroxylation is 1. The van der Waals surface area contributed by atoms with Gasteiger partial charge in [0, 0.05) is 31.0 Å². The Hall–Kier alpha value is -3.35. The largest absolute Gasteiger partial charge is 0.490 e. The number of fused-ring (bicyclic) bond motifs is 1. The number of rotatable bonds is 5. The molecule has 4 rings (SSSR count). The number of hydrogen-bond donors (Lipinski definition) is 2. The monoisotopic (exact) mass is 513 g/mol. The molecule has 1 aromatic carbocycles. The lowest BCUT2D eigenvalue weighted by atomic mass is 9.80. The number of carbonyl (C=O) groups is 1. The van der Waals surface area contributed by atoms with Gasteiger partial charge in [-0.25, -0.2) is 14.4 Å². The van der Waals surface area contributed by atoms with Gasteiger partial charge in [-0.15, -0.1) is 6.42 Å². The van der Waals surface area contributed by atoms with Crippen LogP contribution < -0.4 is 10.5 Å². The lowest BCUT2D eigenvalue weighted by Crippen LogP contribution is -2.43. The van der Waals surface area contributed by atoms with Crippen molar-refractivity contribution < 1.29 is 19.0 Å². The zero-order valence-corrected chi connectivity index (χ0v) is 21.4. The number of amides is 1. The van der Waals surface area contributed by atoms with Crippen molar-refractivity contribution in [1.82, 2.24) is 19.3 Å². The standard InChI is InChI=1S/C26H29ClFN5O3/c1-6-26(5,25-31-15(4)21-23(29)30-9-11-33(21)25)17-12-18(27)20(28)19(22(17)36-14(2)3)24(35)32-10-7-8-16(34)13-32/h1,9,11-12,14,16,34H,7-8,10,13H2,2-5H3,(H2,29,30)/t16-,26?/m0/s1. The molecule has 0 aliphatic carbocycles. The summed E-state index contributed by atoms with van der Waals surface area (Å²) in [6.45, 7) is 7.51. The first-order valence-corrected chi connectivity index (χ1v) is 12.1. The molecule has 10 heteroatoms. The van der Waals surface area contributed by atoms with E-state index in [0.29, 0.717) is 42.0 Å². The number of nitrogen functional groups attached to an aromatic ring is 1. The fourth-order valence-electron chi connectivity index (χ4n) is 4.68. The predicted molar refractivity (Wildman–Crippen MR) is 136 cm³/mol. The quantitative estimate of drug-likeness (QED) is 0.503. The fourth-order valence-corrected chi connectivity index (χ4v) is 4.89. The highest BCUT2D eigenvalue weighted by Crippen LogP contribution is 2.43. The van der Waals surface area contributed by atoms with Crippen LogP contribution in [0.4, 0.5) is 10.2 Å². The topological polar surface area (TPSA) is 106 Å². The first-order valence-electron chi connectivity index (χ1n) is 11.7. The Morgan fingerprint density at radius 1 is 1.47 bits per heavy atom. The summed E-state index contributed by atoms with van der Waals surface area (Å²) >= 11 is 6.36. The van der Waals surface area contributed by atoms with Crippen LogP contribution >= 0.6 is 11.6 Å². The number of hydrogen-bond acceptors (Lipinski definition) is 6. The van der Waals surface area contributed by atoms with Crippen LogP contribution in [0.25, 0.3) is 5.52 Å². The summed E-state index contributed by atoms with van der Waals surface area (Å²) < 4.78 is 23.4. The van der Waals surface area contributed by atoms with Crippen LogP contribution in [-0.2, 0) is 5.41 Å². The number of aliphatic hydroxyl groups is 1. The molecular weight excluding hydrogens is 485 g/mol. The van der Waals surface area contributed by atoms with Crippen molar-refractivity contribution >= 4 is 28.8 Å². The average molecular weight is 514 g/mol. The van der Waals surface area contributed by atoms with Gasteiger partial charge >= 0.3 is 0 Å². The molecule has 1 amide bonds. The molecule has 3 aromatic rings. The maximum Gasteiger partial charge on any atom is 0.260 e. The van der Waals surface area contributed by atoms with E-state index in [1.807, 2.05) is 0 Å². The molecule has 3 N–H and O–H groups in total. The van der Waals surface area contributed by atoms with Crippen molar-refractivity contribution in [3.8, 4) is 18.1 Å². The summed E-state index contributed by atoms with van der Waals surface area (Å²) in [4.78, 5) is 23.9. The minimum Gasteiger partial charge on any atom is -0.490 e. The number of aliphatic hydroxyl groups excluding tert-OH is 1. The molecule has 36 heavy (non-hydrogen) atoms. The first-order chi connectivity index (χ1) is 17.0. The van der Waals surface area contributed by atoms with E-state index in [1.165, 1.54) is 17.2 Å². The Morgan fingerprint density at radius 2 is 2.19 bits per heavy atom. The summed E-state index contributed by atoms with van der Waals surface area (Å²) in [6.07, 6.45) is 9.40. The molecule has 8 nitrogen and oxygen atoms in total.